The van der Waals surface area contributed by atoms with Gasteiger partial charge in [-0.25, -0.2) is 0 Å². The summed E-state index contributed by atoms with van der Waals surface area (Å²) in [7, 11) is 0. The van der Waals surface area contributed by atoms with Crippen LogP contribution in [0.4, 0.5) is 11.4 Å². The van der Waals surface area contributed by atoms with Crippen LogP contribution in [0.15, 0.2) is 53.4 Å². The molecular formula is C14H12N2O4S. The minimum atomic E-state index is -0.615. The summed E-state index contributed by atoms with van der Waals surface area (Å²) in [5.74, 6) is -0.448. The number of aromatic hydroxyl groups is 1. The quantitative estimate of drug-likeness (QED) is 0.383. The first kappa shape index (κ1) is 14.9. The molecule has 0 heterocycles. The fraction of sp³-hybridized carbons (Fsp3) is 0.0714. The number of nitrogens with zero attached hydrogens (tertiary/aromatic N) is 1. The van der Waals surface area contributed by atoms with Crippen LogP contribution < -0.4 is 5.32 Å². The van der Waals surface area contributed by atoms with Crippen LogP contribution in [0, 0.1) is 10.1 Å². The number of rotatable bonds is 5. The Morgan fingerprint density at radius 2 is 1.95 bits per heavy atom. The summed E-state index contributed by atoms with van der Waals surface area (Å²) < 4.78 is 0. The van der Waals surface area contributed by atoms with Gasteiger partial charge < -0.3 is 10.4 Å². The van der Waals surface area contributed by atoms with Gasteiger partial charge in [0.25, 0.3) is 5.69 Å². The number of carbonyl (C=O) groups is 1. The summed E-state index contributed by atoms with van der Waals surface area (Å²) in [5.41, 5.74) is -0.0802. The Morgan fingerprint density at radius 3 is 2.57 bits per heavy atom. The molecule has 2 rings (SSSR count). The lowest BCUT2D eigenvalue weighted by Crippen LogP contribution is -2.14. The van der Waals surface area contributed by atoms with Crippen molar-refractivity contribution < 1.29 is 14.8 Å². The first-order valence-corrected chi connectivity index (χ1v) is 7.00. The maximum absolute atomic E-state index is 11.8. The van der Waals surface area contributed by atoms with E-state index in [9.17, 15) is 20.0 Å². The Balaban J connectivity index is 1.95. The van der Waals surface area contributed by atoms with Gasteiger partial charge in [0.1, 0.15) is 5.75 Å². The van der Waals surface area contributed by atoms with Crippen LogP contribution in [-0.2, 0) is 4.79 Å². The van der Waals surface area contributed by atoms with Crippen LogP contribution in [0.2, 0.25) is 0 Å². The van der Waals surface area contributed by atoms with Crippen LogP contribution in [0.1, 0.15) is 0 Å². The van der Waals surface area contributed by atoms with Gasteiger partial charge in [-0.2, -0.15) is 0 Å². The highest BCUT2D eigenvalue weighted by Gasteiger charge is 2.12. The van der Waals surface area contributed by atoms with Gasteiger partial charge in [-0.1, -0.05) is 18.2 Å². The van der Waals surface area contributed by atoms with E-state index in [2.05, 4.69) is 5.32 Å². The van der Waals surface area contributed by atoms with Gasteiger partial charge in [0.15, 0.2) is 0 Å². The van der Waals surface area contributed by atoms with E-state index in [0.29, 0.717) is 0 Å². The number of nitrogens with one attached hydrogen (secondary N) is 1. The fourth-order valence-corrected chi connectivity index (χ4v) is 2.31. The molecule has 0 aliphatic carbocycles. The van der Waals surface area contributed by atoms with E-state index in [4.69, 9.17) is 0 Å². The van der Waals surface area contributed by atoms with E-state index in [1.165, 1.54) is 23.9 Å². The number of thioether (sulfide) groups is 1. The second kappa shape index (κ2) is 6.76. The zero-order valence-corrected chi connectivity index (χ0v) is 11.7. The van der Waals surface area contributed by atoms with Crippen molar-refractivity contribution in [3.05, 3.63) is 58.6 Å². The molecule has 0 bridgehead atoms. The van der Waals surface area contributed by atoms with E-state index in [1.807, 2.05) is 30.3 Å². The highest BCUT2D eigenvalue weighted by atomic mass is 32.2. The number of hydrogen-bond donors (Lipinski definition) is 2. The number of phenolic OH excluding ortho intramolecular Hbond substituents is 1. The molecule has 6 nitrogen and oxygen atoms in total. The molecule has 2 aromatic carbocycles. The number of non-ortho nitro benzene ring substituents is 1. The maximum atomic E-state index is 11.8. The van der Waals surface area contributed by atoms with Crippen LogP contribution >= 0.6 is 11.8 Å². The molecule has 1 amide bonds. The first-order chi connectivity index (χ1) is 10.1. The number of carbonyl (C=O) groups excluding carboxylic acids is 1. The SMILES string of the molecule is O=C(CSc1ccccc1)Nc1ccc([N+](=O)[O-])cc1O. The van der Waals surface area contributed by atoms with Crippen LogP contribution in [0.3, 0.4) is 0 Å². The van der Waals surface area contributed by atoms with E-state index in [0.717, 1.165) is 11.0 Å². The maximum Gasteiger partial charge on any atom is 0.273 e. The molecule has 0 unspecified atom stereocenters. The third-order valence-electron chi connectivity index (χ3n) is 2.58. The Bertz CT molecular complexity index is 661. The number of nitro benzene ring substituents is 1. The normalized spacial score (nSPS) is 10.1. The number of amides is 1. The van der Waals surface area contributed by atoms with Crippen molar-refractivity contribution in [2.75, 3.05) is 11.1 Å². The Labute approximate surface area is 125 Å². The molecule has 0 radical (unpaired) electrons. The molecule has 0 saturated heterocycles. The molecule has 0 aliphatic rings. The van der Waals surface area contributed by atoms with E-state index >= 15 is 0 Å². The van der Waals surface area contributed by atoms with Crippen molar-refractivity contribution in [2.24, 2.45) is 0 Å². The number of hydrogen-bond acceptors (Lipinski definition) is 5. The van der Waals surface area contributed by atoms with Crippen LogP contribution in [0.5, 0.6) is 5.75 Å². The summed E-state index contributed by atoms with van der Waals surface area (Å²) in [5, 5.41) is 22.7. The van der Waals surface area contributed by atoms with Crippen molar-refractivity contribution in [3.8, 4) is 5.75 Å². The molecule has 0 spiro atoms. The Morgan fingerprint density at radius 1 is 1.24 bits per heavy atom. The first-order valence-electron chi connectivity index (χ1n) is 6.01. The predicted octanol–water partition coefficient (Wildman–Crippen LogP) is 3.03. The summed E-state index contributed by atoms with van der Waals surface area (Å²) in [6.07, 6.45) is 0. The summed E-state index contributed by atoms with van der Waals surface area (Å²) in [6, 6.07) is 12.9. The highest BCUT2D eigenvalue weighted by molar-refractivity contribution is 8.00. The van der Waals surface area contributed by atoms with E-state index in [-0.39, 0.29) is 28.8 Å². The number of anilines is 1. The highest BCUT2D eigenvalue weighted by Crippen LogP contribution is 2.28. The third kappa shape index (κ3) is 4.22. The molecule has 108 valence electrons. The van der Waals surface area contributed by atoms with E-state index < -0.39 is 4.92 Å². The molecule has 0 aromatic heterocycles. The molecule has 0 fully saturated rings. The standard InChI is InChI=1S/C14H12N2O4S/c17-13-8-10(16(19)20)6-7-12(13)15-14(18)9-21-11-4-2-1-3-5-11/h1-8,17H,9H2,(H,15,18). The molecule has 21 heavy (non-hydrogen) atoms. The topological polar surface area (TPSA) is 92.5 Å². The van der Waals surface area contributed by atoms with Gasteiger partial charge in [0, 0.05) is 11.0 Å². The molecule has 2 N–H and O–H groups in total. The molecule has 0 saturated carbocycles. The van der Waals surface area contributed by atoms with Gasteiger partial charge >= 0.3 is 0 Å². The van der Waals surface area contributed by atoms with Crippen molar-refractivity contribution in [3.63, 3.8) is 0 Å². The van der Waals surface area contributed by atoms with Gasteiger partial charge in [-0.05, 0) is 18.2 Å². The van der Waals surface area contributed by atoms with Crippen molar-refractivity contribution in [1.82, 2.24) is 0 Å². The summed E-state index contributed by atoms with van der Waals surface area (Å²) in [4.78, 5) is 22.7. The van der Waals surface area contributed by atoms with Gasteiger partial charge in [-0.15, -0.1) is 11.8 Å². The zero-order chi connectivity index (χ0) is 15.2. The lowest BCUT2D eigenvalue weighted by atomic mass is 10.2. The zero-order valence-electron chi connectivity index (χ0n) is 10.9. The van der Waals surface area contributed by atoms with Crippen molar-refractivity contribution >= 4 is 29.0 Å². The smallest absolute Gasteiger partial charge is 0.273 e. The monoisotopic (exact) mass is 304 g/mol. The number of nitro groups is 1. The lowest BCUT2D eigenvalue weighted by Gasteiger charge is -2.07. The number of benzene rings is 2. The molecule has 7 heteroatoms. The van der Waals surface area contributed by atoms with Crippen LogP contribution in [0.25, 0.3) is 0 Å². The average Bonchev–Trinajstić information content (AvgIpc) is 2.48. The van der Waals surface area contributed by atoms with E-state index in [1.54, 1.807) is 0 Å². The van der Waals surface area contributed by atoms with Gasteiger partial charge in [0.05, 0.1) is 22.4 Å². The second-order valence-corrected chi connectivity index (χ2v) is 5.16. The minimum absolute atomic E-state index is 0.152. The molecular weight excluding hydrogens is 292 g/mol. The third-order valence-corrected chi connectivity index (χ3v) is 3.59. The largest absolute Gasteiger partial charge is 0.506 e. The molecule has 0 aliphatic heterocycles. The van der Waals surface area contributed by atoms with Crippen molar-refractivity contribution in [2.45, 2.75) is 4.90 Å². The van der Waals surface area contributed by atoms with Gasteiger partial charge in [0.2, 0.25) is 5.91 Å². The molecule has 0 atom stereocenters. The lowest BCUT2D eigenvalue weighted by molar-refractivity contribution is -0.384. The summed E-state index contributed by atoms with van der Waals surface area (Å²) in [6.45, 7) is 0. The van der Waals surface area contributed by atoms with Crippen molar-refractivity contribution in [1.29, 1.82) is 0 Å². The number of phenols is 1. The second-order valence-electron chi connectivity index (χ2n) is 4.11. The fourth-order valence-electron chi connectivity index (χ4n) is 1.59. The Hall–Kier alpha value is -2.54. The predicted molar refractivity (Wildman–Crippen MR) is 80.6 cm³/mol. The summed E-state index contributed by atoms with van der Waals surface area (Å²) >= 11 is 1.36. The Kier molecular flexibility index (Phi) is 4.78. The minimum Gasteiger partial charge on any atom is -0.506 e. The van der Waals surface area contributed by atoms with Crippen LogP contribution in [-0.4, -0.2) is 21.7 Å². The molecule has 2 aromatic rings. The average molecular weight is 304 g/mol. The van der Waals surface area contributed by atoms with Gasteiger partial charge in [-0.3, -0.25) is 14.9 Å².